The summed E-state index contributed by atoms with van der Waals surface area (Å²) in [6, 6.07) is 7.18. The van der Waals surface area contributed by atoms with Gasteiger partial charge in [-0.25, -0.2) is 4.79 Å². The molecular formula is C13H17BrN2O2S. The number of halogens is 1. The Hall–Kier alpha value is -1.01. The molecule has 0 saturated carbocycles. The van der Waals surface area contributed by atoms with Crippen LogP contribution in [0.4, 0.5) is 4.79 Å². The van der Waals surface area contributed by atoms with E-state index in [2.05, 4.69) is 26.6 Å². The monoisotopic (exact) mass is 344 g/mol. The molecule has 6 heteroatoms. The molecular weight excluding hydrogens is 328 g/mol. The molecule has 0 unspecified atom stereocenters. The maximum atomic E-state index is 11.6. The first-order chi connectivity index (χ1) is 8.76. The summed E-state index contributed by atoms with van der Waals surface area (Å²) in [6.07, 6.45) is 0. The van der Waals surface area contributed by atoms with E-state index >= 15 is 0 Å². The first-order valence-electron chi connectivity index (χ1n) is 5.76. The van der Waals surface area contributed by atoms with Crippen LogP contribution in [0.15, 0.2) is 33.6 Å². The van der Waals surface area contributed by atoms with Crippen molar-refractivity contribution < 1.29 is 9.59 Å². The molecule has 19 heavy (non-hydrogen) atoms. The Balaban J connectivity index is 2.36. The van der Waals surface area contributed by atoms with Crippen LogP contribution in [-0.4, -0.2) is 23.2 Å². The molecule has 0 aliphatic heterocycles. The fourth-order valence-corrected chi connectivity index (χ4v) is 2.18. The third-order valence-corrected chi connectivity index (χ3v) is 3.47. The van der Waals surface area contributed by atoms with Crippen molar-refractivity contribution in [2.24, 2.45) is 0 Å². The smallest absolute Gasteiger partial charge is 0.321 e. The molecule has 1 aromatic carbocycles. The Labute approximate surface area is 125 Å². The molecule has 0 saturated heterocycles. The topological polar surface area (TPSA) is 58.2 Å². The molecule has 0 radical (unpaired) electrons. The van der Waals surface area contributed by atoms with Crippen molar-refractivity contribution in [3.8, 4) is 0 Å². The minimum absolute atomic E-state index is 0.208. The number of hydrogen-bond donors (Lipinski definition) is 2. The lowest BCUT2D eigenvalue weighted by atomic mass is 10.1. The number of carbonyl (C=O) groups excluding carboxylic acids is 2. The van der Waals surface area contributed by atoms with E-state index in [1.807, 2.05) is 45.0 Å². The van der Waals surface area contributed by atoms with Crippen molar-refractivity contribution in [1.82, 2.24) is 10.6 Å². The zero-order chi connectivity index (χ0) is 14.5. The summed E-state index contributed by atoms with van der Waals surface area (Å²) in [4.78, 5) is 24.0. The Morgan fingerprint density at radius 3 is 2.32 bits per heavy atom. The highest BCUT2D eigenvalue weighted by molar-refractivity contribution is 9.10. The van der Waals surface area contributed by atoms with Crippen molar-refractivity contribution in [3.63, 3.8) is 0 Å². The van der Waals surface area contributed by atoms with Crippen LogP contribution in [0.1, 0.15) is 20.8 Å². The second-order valence-electron chi connectivity index (χ2n) is 4.99. The van der Waals surface area contributed by atoms with Gasteiger partial charge in [0.1, 0.15) is 0 Å². The van der Waals surface area contributed by atoms with Crippen molar-refractivity contribution in [3.05, 3.63) is 28.7 Å². The van der Waals surface area contributed by atoms with Gasteiger partial charge in [0, 0.05) is 14.9 Å². The quantitative estimate of drug-likeness (QED) is 0.828. The van der Waals surface area contributed by atoms with E-state index in [4.69, 9.17) is 0 Å². The molecule has 4 nitrogen and oxygen atoms in total. The van der Waals surface area contributed by atoms with Gasteiger partial charge in [-0.15, -0.1) is 11.8 Å². The SMILES string of the molecule is CC(C)(C)NC(=O)NC(=O)CSc1ccc(Br)cc1. The van der Waals surface area contributed by atoms with E-state index in [-0.39, 0.29) is 17.2 Å². The lowest BCUT2D eigenvalue weighted by Crippen LogP contribution is -2.48. The first-order valence-corrected chi connectivity index (χ1v) is 7.54. The van der Waals surface area contributed by atoms with Gasteiger partial charge in [-0.1, -0.05) is 15.9 Å². The average Bonchev–Trinajstić information content (AvgIpc) is 2.25. The van der Waals surface area contributed by atoms with Gasteiger partial charge in [0.25, 0.3) is 0 Å². The van der Waals surface area contributed by atoms with E-state index in [0.29, 0.717) is 0 Å². The van der Waals surface area contributed by atoms with Gasteiger partial charge < -0.3 is 5.32 Å². The van der Waals surface area contributed by atoms with Crippen LogP contribution in [-0.2, 0) is 4.79 Å². The van der Waals surface area contributed by atoms with E-state index in [0.717, 1.165) is 9.37 Å². The molecule has 1 aromatic rings. The fraction of sp³-hybridized carbons (Fsp3) is 0.385. The van der Waals surface area contributed by atoms with Gasteiger partial charge in [-0.2, -0.15) is 0 Å². The molecule has 0 atom stereocenters. The molecule has 0 bridgehead atoms. The number of nitrogens with one attached hydrogen (secondary N) is 2. The molecule has 104 valence electrons. The van der Waals surface area contributed by atoms with Crippen LogP contribution in [0.25, 0.3) is 0 Å². The fourth-order valence-electron chi connectivity index (χ4n) is 1.21. The van der Waals surface area contributed by atoms with Crippen LogP contribution in [0, 0.1) is 0 Å². The highest BCUT2D eigenvalue weighted by Gasteiger charge is 2.15. The summed E-state index contributed by atoms with van der Waals surface area (Å²) < 4.78 is 0.992. The molecule has 0 heterocycles. The van der Waals surface area contributed by atoms with Gasteiger partial charge >= 0.3 is 6.03 Å². The normalized spacial score (nSPS) is 10.9. The van der Waals surface area contributed by atoms with E-state index < -0.39 is 6.03 Å². The van der Waals surface area contributed by atoms with Gasteiger partial charge in [-0.3, -0.25) is 10.1 Å². The zero-order valence-corrected chi connectivity index (χ0v) is 13.5. The van der Waals surface area contributed by atoms with Crippen molar-refractivity contribution in [1.29, 1.82) is 0 Å². The minimum atomic E-state index is -0.464. The van der Waals surface area contributed by atoms with Crippen molar-refractivity contribution in [2.75, 3.05) is 5.75 Å². The number of thioether (sulfide) groups is 1. The van der Waals surface area contributed by atoms with E-state index in [1.54, 1.807) is 0 Å². The Bertz CT molecular complexity index is 455. The molecule has 0 aromatic heterocycles. The number of benzene rings is 1. The summed E-state index contributed by atoms with van der Waals surface area (Å²) >= 11 is 4.73. The lowest BCUT2D eigenvalue weighted by Gasteiger charge is -2.20. The summed E-state index contributed by atoms with van der Waals surface area (Å²) in [5, 5.41) is 4.97. The predicted octanol–water partition coefficient (Wildman–Crippen LogP) is 3.17. The largest absolute Gasteiger partial charge is 0.333 e. The van der Waals surface area contributed by atoms with Crippen LogP contribution in [0.2, 0.25) is 0 Å². The maximum Gasteiger partial charge on any atom is 0.321 e. The van der Waals surface area contributed by atoms with Crippen LogP contribution in [0.3, 0.4) is 0 Å². The summed E-state index contributed by atoms with van der Waals surface area (Å²) in [5.41, 5.74) is -0.358. The molecule has 2 N–H and O–H groups in total. The van der Waals surface area contributed by atoms with Gasteiger partial charge in [0.15, 0.2) is 0 Å². The molecule has 0 aliphatic carbocycles. The van der Waals surface area contributed by atoms with Crippen LogP contribution in [0.5, 0.6) is 0 Å². The second-order valence-corrected chi connectivity index (χ2v) is 6.96. The van der Waals surface area contributed by atoms with Crippen molar-refractivity contribution in [2.45, 2.75) is 31.2 Å². The Morgan fingerprint density at radius 2 is 1.79 bits per heavy atom. The summed E-state index contributed by atoms with van der Waals surface area (Å²) in [7, 11) is 0. The van der Waals surface area contributed by atoms with Gasteiger partial charge in [0.2, 0.25) is 5.91 Å². The number of hydrogen-bond acceptors (Lipinski definition) is 3. The minimum Gasteiger partial charge on any atom is -0.333 e. The van der Waals surface area contributed by atoms with Crippen LogP contribution >= 0.6 is 27.7 Å². The van der Waals surface area contributed by atoms with Crippen LogP contribution < -0.4 is 10.6 Å². The molecule has 1 rings (SSSR count). The number of carbonyl (C=O) groups is 2. The lowest BCUT2D eigenvalue weighted by molar-refractivity contribution is -0.117. The zero-order valence-electron chi connectivity index (χ0n) is 11.1. The standard InChI is InChI=1S/C13H17BrN2O2S/c1-13(2,3)16-12(18)15-11(17)8-19-10-6-4-9(14)5-7-10/h4-7H,8H2,1-3H3,(H2,15,16,17,18). The van der Waals surface area contributed by atoms with Gasteiger partial charge in [-0.05, 0) is 45.0 Å². The Kier molecular flexibility index (Phi) is 5.87. The maximum absolute atomic E-state index is 11.6. The highest BCUT2D eigenvalue weighted by atomic mass is 79.9. The molecule has 3 amide bonds. The summed E-state index contributed by atoms with van der Waals surface area (Å²) in [5.74, 6) is -0.103. The molecule has 0 aliphatic rings. The Morgan fingerprint density at radius 1 is 1.21 bits per heavy atom. The first kappa shape index (κ1) is 16.0. The number of amides is 3. The number of urea groups is 1. The third kappa shape index (κ3) is 7.22. The third-order valence-electron chi connectivity index (χ3n) is 1.93. The van der Waals surface area contributed by atoms with Crippen molar-refractivity contribution >= 4 is 39.6 Å². The number of rotatable bonds is 3. The molecule has 0 spiro atoms. The molecule has 0 fully saturated rings. The van der Waals surface area contributed by atoms with E-state index in [9.17, 15) is 9.59 Å². The summed E-state index contributed by atoms with van der Waals surface area (Å²) in [6.45, 7) is 5.56. The predicted molar refractivity (Wildman–Crippen MR) is 81.3 cm³/mol. The van der Waals surface area contributed by atoms with E-state index in [1.165, 1.54) is 11.8 Å². The second kappa shape index (κ2) is 6.96. The highest BCUT2D eigenvalue weighted by Crippen LogP contribution is 2.20. The van der Waals surface area contributed by atoms with Gasteiger partial charge in [0.05, 0.1) is 5.75 Å². The number of imide groups is 1. The average molecular weight is 345 g/mol.